The largest absolute Gasteiger partial charge is 0.489 e. The van der Waals surface area contributed by atoms with Gasteiger partial charge in [0.1, 0.15) is 12.4 Å². The van der Waals surface area contributed by atoms with Crippen LogP contribution in [0.15, 0.2) is 30.9 Å². The highest BCUT2D eigenvalue weighted by Gasteiger charge is 2.05. The summed E-state index contributed by atoms with van der Waals surface area (Å²) in [4.78, 5) is 0. The van der Waals surface area contributed by atoms with E-state index >= 15 is 0 Å². The number of halogens is 1. The number of hydrogen-bond acceptors (Lipinski definition) is 3. The molecule has 4 heteroatoms. The fourth-order valence-electron chi connectivity index (χ4n) is 1.39. The van der Waals surface area contributed by atoms with Crippen molar-refractivity contribution < 1.29 is 9.84 Å². The Hall–Kier alpha value is -1.03. The molecule has 0 saturated carbocycles. The Morgan fingerprint density at radius 2 is 2.35 bits per heavy atom. The van der Waals surface area contributed by atoms with Gasteiger partial charge in [-0.1, -0.05) is 24.3 Å². The first-order valence-corrected chi connectivity index (χ1v) is 5.92. The minimum Gasteiger partial charge on any atom is -0.489 e. The lowest BCUT2D eigenvalue weighted by atomic mass is 10.2. The highest BCUT2D eigenvalue weighted by atomic mass is 35.5. The summed E-state index contributed by atoms with van der Waals surface area (Å²) in [6.07, 6.45) is 1.33. The van der Waals surface area contributed by atoms with Crippen LogP contribution in [0.4, 0.5) is 0 Å². The van der Waals surface area contributed by atoms with E-state index in [-0.39, 0.29) is 6.10 Å². The molecule has 0 aromatic heterocycles. The van der Waals surface area contributed by atoms with Crippen molar-refractivity contribution >= 4 is 11.6 Å². The summed E-state index contributed by atoms with van der Waals surface area (Å²) in [6, 6.07) is 5.48. The molecule has 0 amide bonds. The summed E-state index contributed by atoms with van der Waals surface area (Å²) in [6.45, 7) is 6.95. The smallest absolute Gasteiger partial charge is 0.124 e. The van der Waals surface area contributed by atoms with Gasteiger partial charge in [0.25, 0.3) is 0 Å². The number of ether oxygens (including phenoxy) is 1. The lowest BCUT2D eigenvalue weighted by molar-refractivity contribution is 0.190. The topological polar surface area (TPSA) is 41.5 Å². The van der Waals surface area contributed by atoms with Crippen molar-refractivity contribution in [1.82, 2.24) is 5.32 Å². The van der Waals surface area contributed by atoms with E-state index in [4.69, 9.17) is 21.4 Å². The van der Waals surface area contributed by atoms with E-state index < -0.39 is 0 Å². The fourth-order valence-corrected chi connectivity index (χ4v) is 1.59. The average molecular weight is 256 g/mol. The van der Waals surface area contributed by atoms with Crippen LogP contribution in [0.5, 0.6) is 5.75 Å². The molecule has 0 aliphatic carbocycles. The van der Waals surface area contributed by atoms with E-state index in [0.717, 1.165) is 11.3 Å². The molecular formula is C13H18ClNO2. The quantitative estimate of drug-likeness (QED) is 0.735. The van der Waals surface area contributed by atoms with Crippen molar-refractivity contribution in [3.8, 4) is 5.75 Å². The Balaban J connectivity index is 2.65. The van der Waals surface area contributed by atoms with Crippen molar-refractivity contribution in [2.45, 2.75) is 19.6 Å². The van der Waals surface area contributed by atoms with E-state index in [0.29, 0.717) is 24.7 Å². The maximum absolute atomic E-state index is 9.16. The Morgan fingerprint density at radius 3 is 3.00 bits per heavy atom. The molecule has 1 aromatic carbocycles. The van der Waals surface area contributed by atoms with Crippen LogP contribution < -0.4 is 10.1 Å². The number of rotatable bonds is 7. The van der Waals surface area contributed by atoms with Gasteiger partial charge in [0.15, 0.2) is 0 Å². The lowest BCUT2D eigenvalue weighted by Gasteiger charge is -2.12. The summed E-state index contributed by atoms with van der Waals surface area (Å²) in [5.74, 6) is 0.785. The van der Waals surface area contributed by atoms with Crippen LogP contribution in [0.25, 0.3) is 0 Å². The van der Waals surface area contributed by atoms with Gasteiger partial charge in [-0.05, 0) is 25.1 Å². The standard InChI is InChI=1S/C13H18ClNO2/c1-3-6-17-13-5-4-12(14)7-11(13)9-15-8-10(2)16/h3-5,7,10,15-16H,1,6,8-9H2,2H3/t10-/m1/s1. The normalized spacial score (nSPS) is 12.2. The van der Waals surface area contributed by atoms with Crippen LogP contribution in [0.1, 0.15) is 12.5 Å². The van der Waals surface area contributed by atoms with Gasteiger partial charge >= 0.3 is 0 Å². The van der Waals surface area contributed by atoms with Crippen molar-refractivity contribution in [3.05, 3.63) is 41.4 Å². The molecule has 0 saturated heterocycles. The Morgan fingerprint density at radius 1 is 1.59 bits per heavy atom. The highest BCUT2D eigenvalue weighted by molar-refractivity contribution is 6.30. The SMILES string of the molecule is C=CCOc1ccc(Cl)cc1CNC[C@@H](C)O. The molecule has 0 radical (unpaired) electrons. The van der Waals surface area contributed by atoms with Crippen LogP contribution in [0.3, 0.4) is 0 Å². The third-order valence-corrected chi connectivity index (χ3v) is 2.37. The maximum Gasteiger partial charge on any atom is 0.124 e. The molecule has 1 rings (SSSR count). The van der Waals surface area contributed by atoms with Gasteiger partial charge in [0, 0.05) is 23.7 Å². The third kappa shape index (κ3) is 5.22. The number of nitrogens with one attached hydrogen (secondary N) is 1. The Labute approximate surface area is 107 Å². The number of aliphatic hydroxyl groups is 1. The van der Waals surface area contributed by atoms with Crippen LogP contribution in [-0.2, 0) is 6.54 Å². The van der Waals surface area contributed by atoms with Crippen molar-refractivity contribution in [1.29, 1.82) is 0 Å². The Kier molecular flexibility index (Phi) is 6.05. The molecule has 1 aromatic rings. The van der Waals surface area contributed by atoms with Crippen LogP contribution >= 0.6 is 11.6 Å². The summed E-state index contributed by atoms with van der Waals surface area (Å²) < 4.78 is 5.52. The monoisotopic (exact) mass is 255 g/mol. The van der Waals surface area contributed by atoms with E-state index in [1.165, 1.54) is 0 Å². The van der Waals surface area contributed by atoms with Gasteiger partial charge in [-0.2, -0.15) is 0 Å². The predicted molar refractivity (Wildman–Crippen MR) is 70.5 cm³/mol. The van der Waals surface area contributed by atoms with Gasteiger partial charge in [0.2, 0.25) is 0 Å². The molecule has 1 atom stereocenters. The van der Waals surface area contributed by atoms with Crippen molar-refractivity contribution in [3.63, 3.8) is 0 Å². The molecule has 17 heavy (non-hydrogen) atoms. The molecule has 0 bridgehead atoms. The second kappa shape index (κ2) is 7.33. The fraction of sp³-hybridized carbons (Fsp3) is 0.385. The minimum absolute atomic E-state index is 0.369. The molecule has 94 valence electrons. The average Bonchev–Trinajstić information content (AvgIpc) is 2.27. The maximum atomic E-state index is 9.16. The van der Waals surface area contributed by atoms with Crippen molar-refractivity contribution in [2.75, 3.05) is 13.2 Å². The van der Waals surface area contributed by atoms with Crippen LogP contribution in [0, 0.1) is 0 Å². The van der Waals surface area contributed by atoms with Gasteiger partial charge in [-0.25, -0.2) is 0 Å². The van der Waals surface area contributed by atoms with Crippen LogP contribution in [-0.4, -0.2) is 24.4 Å². The zero-order valence-electron chi connectivity index (χ0n) is 9.95. The molecular weight excluding hydrogens is 238 g/mol. The van der Waals surface area contributed by atoms with Gasteiger partial charge in [-0.15, -0.1) is 0 Å². The Bertz CT molecular complexity index is 366. The summed E-state index contributed by atoms with van der Waals surface area (Å²) in [7, 11) is 0. The second-order valence-electron chi connectivity index (χ2n) is 3.83. The zero-order chi connectivity index (χ0) is 12.7. The molecule has 0 aliphatic rings. The first-order valence-electron chi connectivity index (χ1n) is 5.54. The molecule has 0 heterocycles. The predicted octanol–water partition coefficient (Wildman–Crippen LogP) is 2.38. The summed E-state index contributed by atoms with van der Waals surface area (Å²) in [5, 5.41) is 13.0. The zero-order valence-corrected chi connectivity index (χ0v) is 10.7. The van der Waals surface area contributed by atoms with Gasteiger partial charge < -0.3 is 15.2 Å². The molecule has 0 unspecified atom stereocenters. The summed E-state index contributed by atoms with van der Waals surface area (Å²) in [5.41, 5.74) is 0.972. The third-order valence-electron chi connectivity index (χ3n) is 2.13. The minimum atomic E-state index is -0.369. The number of aliphatic hydroxyl groups excluding tert-OH is 1. The number of benzene rings is 1. The highest BCUT2D eigenvalue weighted by Crippen LogP contribution is 2.22. The molecule has 0 aliphatic heterocycles. The lowest BCUT2D eigenvalue weighted by Crippen LogP contribution is -2.24. The van der Waals surface area contributed by atoms with E-state index in [2.05, 4.69) is 11.9 Å². The number of hydrogen-bond donors (Lipinski definition) is 2. The second-order valence-corrected chi connectivity index (χ2v) is 4.27. The van der Waals surface area contributed by atoms with E-state index in [1.54, 1.807) is 19.1 Å². The first kappa shape index (κ1) is 14.0. The van der Waals surface area contributed by atoms with E-state index in [1.807, 2.05) is 12.1 Å². The molecule has 0 spiro atoms. The van der Waals surface area contributed by atoms with Crippen molar-refractivity contribution in [2.24, 2.45) is 0 Å². The molecule has 3 nitrogen and oxygen atoms in total. The first-order chi connectivity index (χ1) is 8.13. The van der Waals surface area contributed by atoms with Crippen LogP contribution in [0.2, 0.25) is 5.02 Å². The van der Waals surface area contributed by atoms with E-state index in [9.17, 15) is 0 Å². The molecule has 0 fully saturated rings. The van der Waals surface area contributed by atoms with Gasteiger partial charge in [0.05, 0.1) is 6.10 Å². The molecule has 2 N–H and O–H groups in total. The van der Waals surface area contributed by atoms with Gasteiger partial charge in [-0.3, -0.25) is 0 Å². The summed E-state index contributed by atoms with van der Waals surface area (Å²) >= 11 is 5.94.